The third-order valence-corrected chi connectivity index (χ3v) is 2.69. The molecule has 1 heterocycles. The number of hydrogen-bond acceptors (Lipinski definition) is 2. The van der Waals surface area contributed by atoms with Crippen molar-refractivity contribution in [3.8, 4) is 11.1 Å². The maximum Gasteiger partial charge on any atom is 0.258 e. The smallest absolute Gasteiger partial charge is 0.258 e. The van der Waals surface area contributed by atoms with E-state index in [1.54, 1.807) is 18.2 Å². The minimum absolute atomic E-state index is 0.205. The van der Waals surface area contributed by atoms with E-state index >= 15 is 0 Å². The second-order valence-electron chi connectivity index (χ2n) is 2.92. The summed E-state index contributed by atoms with van der Waals surface area (Å²) >= 11 is 11.6. The van der Waals surface area contributed by atoms with Gasteiger partial charge in [0, 0.05) is 6.20 Å². The van der Waals surface area contributed by atoms with Crippen LogP contribution in [0, 0.1) is 0 Å². The fourth-order valence-corrected chi connectivity index (χ4v) is 1.51. The lowest BCUT2D eigenvalue weighted by atomic mass is 10.1. The third-order valence-electron chi connectivity index (χ3n) is 1.95. The summed E-state index contributed by atoms with van der Waals surface area (Å²) in [5, 5.41) is 0.873. The summed E-state index contributed by atoms with van der Waals surface area (Å²) < 4.78 is 0. The number of rotatable bonds is 1. The zero-order valence-electron chi connectivity index (χ0n) is 7.50. The molecule has 0 bridgehead atoms. The Morgan fingerprint density at radius 1 is 1.20 bits per heavy atom. The van der Waals surface area contributed by atoms with E-state index in [4.69, 9.17) is 23.2 Å². The van der Waals surface area contributed by atoms with Gasteiger partial charge in [-0.2, -0.15) is 0 Å². The number of nitrogens with one attached hydrogen (secondary N) is 1. The number of nitrogens with zero attached hydrogens (tertiary/aromatic N) is 1. The average Bonchev–Trinajstić information content (AvgIpc) is 2.23. The first kappa shape index (κ1) is 10.2. The van der Waals surface area contributed by atoms with E-state index < -0.39 is 0 Å². The van der Waals surface area contributed by atoms with Crippen molar-refractivity contribution in [3.63, 3.8) is 0 Å². The van der Waals surface area contributed by atoms with Crippen molar-refractivity contribution < 1.29 is 0 Å². The molecule has 0 spiro atoms. The Morgan fingerprint density at radius 3 is 2.67 bits per heavy atom. The second-order valence-corrected chi connectivity index (χ2v) is 3.74. The molecule has 0 fully saturated rings. The first-order valence-electron chi connectivity index (χ1n) is 4.16. The van der Waals surface area contributed by atoms with Gasteiger partial charge in [0.25, 0.3) is 5.56 Å². The third kappa shape index (κ3) is 2.03. The van der Waals surface area contributed by atoms with Gasteiger partial charge in [-0.1, -0.05) is 29.3 Å². The van der Waals surface area contributed by atoms with Crippen molar-refractivity contribution in [1.82, 2.24) is 9.97 Å². The Kier molecular flexibility index (Phi) is 2.75. The average molecular weight is 241 g/mol. The van der Waals surface area contributed by atoms with Gasteiger partial charge in [0.1, 0.15) is 0 Å². The van der Waals surface area contributed by atoms with E-state index in [9.17, 15) is 4.79 Å². The van der Waals surface area contributed by atoms with Crippen LogP contribution in [0.1, 0.15) is 0 Å². The Hall–Kier alpha value is -1.32. The molecule has 1 N–H and O–H groups in total. The number of halogens is 2. The van der Waals surface area contributed by atoms with E-state index in [2.05, 4.69) is 9.97 Å². The van der Waals surface area contributed by atoms with Gasteiger partial charge in [-0.3, -0.25) is 4.79 Å². The molecule has 0 saturated carbocycles. The van der Waals surface area contributed by atoms with Gasteiger partial charge in [0.05, 0.1) is 21.9 Å². The van der Waals surface area contributed by atoms with Crippen molar-refractivity contribution in [3.05, 3.63) is 51.1 Å². The molecule has 2 aromatic rings. The van der Waals surface area contributed by atoms with Crippen LogP contribution in [0.25, 0.3) is 11.1 Å². The SMILES string of the molecule is O=c1[nH]cncc1-c1ccc(Cl)c(Cl)c1. The fraction of sp³-hybridized carbons (Fsp3) is 0. The zero-order chi connectivity index (χ0) is 10.8. The highest BCUT2D eigenvalue weighted by Crippen LogP contribution is 2.26. The highest BCUT2D eigenvalue weighted by molar-refractivity contribution is 6.42. The quantitative estimate of drug-likeness (QED) is 0.834. The molecule has 3 nitrogen and oxygen atoms in total. The Bertz CT molecular complexity index is 551. The summed E-state index contributed by atoms with van der Waals surface area (Å²) in [7, 11) is 0. The normalized spacial score (nSPS) is 10.3. The van der Waals surface area contributed by atoms with Crippen LogP contribution in [-0.2, 0) is 0 Å². The van der Waals surface area contributed by atoms with Crippen LogP contribution in [0.3, 0.4) is 0 Å². The molecule has 0 aliphatic rings. The molecule has 0 atom stereocenters. The maximum absolute atomic E-state index is 11.4. The number of H-pyrrole nitrogens is 1. The molecule has 76 valence electrons. The summed E-state index contributed by atoms with van der Waals surface area (Å²) in [6, 6.07) is 5.00. The first-order valence-corrected chi connectivity index (χ1v) is 4.92. The summed E-state index contributed by atoms with van der Waals surface area (Å²) in [4.78, 5) is 17.8. The number of aromatic amines is 1. The van der Waals surface area contributed by atoms with Crippen LogP contribution >= 0.6 is 23.2 Å². The van der Waals surface area contributed by atoms with Crippen molar-refractivity contribution in [2.24, 2.45) is 0 Å². The molecule has 15 heavy (non-hydrogen) atoms. The number of aromatic nitrogens is 2. The van der Waals surface area contributed by atoms with Crippen LogP contribution in [0.4, 0.5) is 0 Å². The monoisotopic (exact) mass is 240 g/mol. The van der Waals surface area contributed by atoms with Gasteiger partial charge in [-0.25, -0.2) is 4.98 Å². The molecule has 0 saturated heterocycles. The molecule has 0 amide bonds. The van der Waals surface area contributed by atoms with Gasteiger partial charge < -0.3 is 4.98 Å². The second kappa shape index (κ2) is 4.04. The molecule has 2 rings (SSSR count). The summed E-state index contributed by atoms with van der Waals surface area (Å²) in [5.41, 5.74) is 0.957. The molecule has 0 unspecified atom stereocenters. The van der Waals surface area contributed by atoms with E-state index in [0.29, 0.717) is 21.2 Å². The summed E-state index contributed by atoms with van der Waals surface area (Å²) in [6.07, 6.45) is 2.82. The van der Waals surface area contributed by atoms with Crippen molar-refractivity contribution in [2.45, 2.75) is 0 Å². The topological polar surface area (TPSA) is 45.8 Å². The molecule has 5 heteroatoms. The largest absolute Gasteiger partial charge is 0.313 e. The Balaban J connectivity index is 2.60. The van der Waals surface area contributed by atoms with E-state index in [1.807, 2.05) is 0 Å². The van der Waals surface area contributed by atoms with Crippen LogP contribution in [0.2, 0.25) is 10.0 Å². The minimum Gasteiger partial charge on any atom is -0.313 e. The number of hydrogen-bond donors (Lipinski definition) is 1. The van der Waals surface area contributed by atoms with Crippen molar-refractivity contribution >= 4 is 23.2 Å². The van der Waals surface area contributed by atoms with Crippen LogP contribution in [-0.4, -0.2) is 9.97 Å². The lowest BCUT2D eigenvalue weighted by Crippen LogP contribution is -2.08. The molecule has 0 aliphatic heterocycles. The zero-order valence-corrected chi connectivity index (χ0v) is 9.01. The Morgan fingerprint density at radius 2 is 2.00 bits per heavy atom. The maximum atomic E-state index is 11.4. The minimum atomic E-state index is -0.205. The molecule has 1 aromatic carbocycles. The molecular weight excluding hydrogens is 235 g/mol. The van der Waals surface area contributed by atoms with E-state index in [0.717, 1.165) is 0 Å². The fourth-order valence-electron chi connectivity index (χ4n) is 1.21. The highest BCUT2D eigenvalue weighted by Gasteiger charge is 2.05. The molecule has 0 radical (unpaired) electrons. The summed E-state index contributed by atoms with van der Waals surface area (Å²) in [5.74, 6) is 0. The summed E-state index contributed by atoms with van der Waals surface area (Å²) in [6.45, 7) is 0. The standard InChI is InChI=1S/C10H6Cl2N2O/c11-8-2-1-6(3-9(8)12)7-4-13-5-14-10(7)15/h1-5H,(H,13,14,15). The van der Waals surface area contributed by atoms with Crippen LogP contribution in [0.15, 0.2) is 35.5 Å². The Labute approximate surface area is 95.7 Å². The van der Waals surface area contributed by atoms with Gasteiger partial charge in [0.15, 0.2) is 0 Å². The van der Waals surface area contributed by atoms with Gasteiger partial charge in [0.2, 0.25) is 0 Å². The van der Waals surface area contributed by atoms with E-state index in [1.165, 1.54) is 12.5 Å². The van der Waals surface area contributed by atoms with Gasteiger partial charge in [-0.15, -0.1) is 0 Å². The first-order chi connectivity index (χ1) is 7.18. The molecule has 0 aliphatic carbocycles. The van der Waals surface area contributed by atoms with Gasteiger partial charge in [-0.05, 0) is 17.7 Å². The van der Waals surface area contributed by atoms with Crippen molar-refractivity contribution in [2.75, 3.05) is 0 Å². The van der Waals surface area contributed by atoms with E-state index in [-0.39, 0.29) is 5.56 Å². The lowest BCUT2D eigenvalue weighted by molar-refractivity contribution is 1.12. The predicted molar refractivity (Wildman–Crippen MR) is 60.3 cm³/mol. The highest BCUT2D eigenvalue weighted by atomic mass is 35.5. The number of benzene rings is 1. The molecule has 1 aromatic heterocycles. The van der Waals surface area contributed by atoms with Crippen LogP contribution < -0.4 is 5.56 Å². The lowest BCUT2D eigenvalue weighted by Gasteiger charge is -2.01. The van der Waals surface area contributed by atoms with Crippen molar-refractivity contribution in [1.29, 1.82) is 0 Å². The predicted octanol–water partition coefficient (Wildman–Crippen LogP) is 2.74. The van der Waals surface area contributed by atoms with Gasteiger partial charge >= 0.3 is 0 Å². The van der Waals surface area contributed by atoms with Crippen LogP contribution in [0.5, 0.6) is 0 Å². The molecular formula is C10H6Cl2N2O.